The van der Waals surface area contributed by atoms with Crippen LogP contribution in [-0.4, -0.2) is 35.8 Å². The van der Waals surface area contributed by atoms with Crippen molar-refractivity contribution in [3.63, 3.8) is 0 Å². The Morgan fingerprint density at radius 2 is 2.08 bits per heavy atom. The van der Waals surface area contributed by atoms with Crippen LogP contribution in [-0.2, 0) is 10.3 Å². The van der Waals surface area contributed by atoms with E-state index in [1.807, 2.05) is 0 Å². The van der Waals surface area contributed by atoms with Crippen LogP contribution < -0.4 is 10.1 Å². The largest absolute Gasteiger partial charge is 0.493 e. The highest BCUT2D eigenvalue weighted by molar-refractivity contribution is 7.18. The van der Waals surface area contributed by atoms with Gasteiger partial charge in [0.05, 0.1) is 22.4 Å². The van der Waals surface area contributed by atoms with Crippen LogP contribution in [0.25, 0.3) is 0 Å². The molecule has 1 saturated heterocycles. The molecular formula is C17H13ClN2O4S. The van der Waals surface area contributed by atoms with Crippen molar-refractivity contribution in [2.45, 2.75) is 12.0 Å². The Balaban J connectivity index is 1.64. The second-order valence-corrected chi connectivity index (χ2v) is 7.56. The molecule has 1 atom stereocenters. The summed E-state index contributed by atoms with van der Waals surface area (Å²) < 4.78 is 6.06. The van der Waals surface area contributed by atoms with Crippen LogP contribution in [0, 0.1) is 0 Å². The maximum Gasteiger partial charge on any atom is 0.325 e. The second-order valence-electron chi connectivity index (χ2n) is 5.85. The lowest BCUT2D eigenvalue weighted by molar-refractivity contribution is -0.132. The van der Waals surface area contributed by atoms with Crippen LogP contribution in [0.1, 0.15) is 21.7 Å². The number of hydrogen-bond acceptors (Lipinski definition) is 5. The Labute approximate surface area is 152 Å². The fourth-order valence-corrected chi connectivity index (χ4v) is 4.17. The molecule has 0 bridgehead atoms. The van der Waals surface area contributed by atoms with Crippen molar-refractivity contribution >= 4 is 40.7 Å². The number of Topliss-reactive ketones (excluding diaryl/α,β-unsaturated/α-hetero) is 1. The summed E-state index contributed by atoms with van der Waals surface area (Å²) in [6.07, 6.45) is 0.324. The number of carbonyl (C=O) groups excluding carboxylic acids is 3. The zero-order valence-corrected chi connectivity index (χ0v) is 14.5. The van der Waals surface area contributed by atoms with E-state index in [4.69, 9.17) is 16.3 Å². The topological polar surface area (TPSA) is 75.7 Å². The van der Waals surface area contributed by atoms with Crippen molar-refractivity contribution in [3.05, 3.63) is 51.2 Å². The van der Waals surface area contributed by atoms with E-state index >= 15 is 0 Å². The highest BCUT2D eigenvalue weighted by Crippen LogP contribution is 2.41. The molecule has 0 unspecified atom stereocenters. The van der Waals surface area contributed by atoms with Crippen LogP contribution in [0.3, 0.4) is 0 Å². The molecule has 1 aromatic carbocycles. The van der Waals surface area contributed by atoms with E-state index in [-0.39, 0.29) is 12.3 Å². The van der Waals surface area contributed by atoms with Crippen molar-refractivity contribution in [2.75, 3.05) is 13.2 Å². The molecule has 3 amide bonds. The predicted molar refractivity (Wildman–Crippen MR) is 92.1 cm³/mol. The minimum atomic E-state index is -1.17. The molecule has 0 radical (unpaired) electrons. The number of amides is 3. The zero-order valence-electron chi connectivity index (χ0n) is 13.0. The minimum absolute atomic E-state index is 0.311. The summed E-state index contributed by atoms with van der Waals surface area (Å²) in [5, 5.41) is 2.77. The molecule has 3 heterocycles. The number of nitrogens with one attached hydrogen (secondary N) is 1. The van der Waals surface area contributed by atoms with E-state index in [1.54, 1.807) is 36.4 Å². The Morgan fingerprint density at radius 3 is 2.84 bits per heavy atom. The third-order valence-corrected chi connectivity index (χ3v) is 5.68. The Morgan fingerprint density at radius 1 is 1.28 bits per heavy atom. The molecule has 128 valence electrons. The van der Waals surface area contributed by atoms with E-state index in [0.29, 0.717) is 33.6 Å². The fourth-order valence-electron chi connectivity index (χ4n) is 3.20. The number of imide groups is 1. The van der Waals surface area contributed by atoms with Crippen LogP contribution in [0.5, 0.6) is 5.75 Å². The molecule has 0 aliphatic carbocycles. The third kappa shape index (κ3) is 2.51. The van der Waals surface area contributed by atoms with Gasteiger partial charge in [-0.1, -0.05) is 29.8 Å². The fraction of sp³-hybridized carbons (Fsp3) is 0.235. The maximum atomic E-state index is 13.0. The number of urea groups is 1. The van der Waals surface area contributed by atoms with Crippen molar-refractivity contribution in [3.8, 4) is 5.75 Å². The number of benzene rings is 1. The van der Waals surface area contributed by atoms with Crippen molar-refractivity contribution in [1.82, 2.24) is 10.2 Å². The van der Waals surface area contributed by atoms with Crippen LogP contribution in [0.4, 0.5) is 4.79 Å². The number of carbonyl (C=O) groups is 3. The summed E-state index contributed by atoms with van der Waals surface area (Å²) in [5.74, 6) is -0.178. The van der Waals surface area contributed by atoms with E-state index in [1.165, 1.54) is 0 Å². The number of rotatable bonds is 3. The first kappa shape index (κ1) is 16.1. The molecule has 1 spiro atoms. The van der Waals surface area contributed by atoms with E-state index in [0.717, 1.165) is 16.2 Å². The molecule has 6 nitrogen and oxygen atoms in total. The van der Waals surface area contributed by atoms with Crippen molar-refractivity contribution in [2.24, 2.45) is 0 Å². The van der Waals surface area contributed by atoms with Gasteiger partial charge in [0.25, 0.3) is 5.91 Å². The number of halogens is 1. The van der Waals surface area contributed by atoms with Gasteiger partial charge in [0, 0.05) is 12.0 Å². The summed E-state index contributed by atoms with van der Waals surface area (Å²) >= 11 is 6.97. The molecular weight excluding hydrogens is 364 g/mol. The molecule has 4 rings (SSSR count). The summed E-state index contributed by atoms with van der Waals surface area (Å²) in [5.41, 5.74) is -0.548. The SMILES string of the molecule is O=C(CN1C(=O)N[C@@]2(CCOc3ccccc32)C1=O)c1ccc(Cl)s1. The molecule has 2 aromatic rings. The van der Waals surface area contributed by atoms with Crippen molar-refractivity contribution in [1.29, 1.82) is 0 Å². The molecule has 8 heteroatoms. The first-order chi connectivity index (χ1) is 12.0. The second kappa shape index (κ2) is 5.86. The Hall–Kier alpha value is -2.38. The van der Waals surface area contributed by atoms with Gasteiger partial charge in [-0.2, -0.15) is 0 Å². The Bertz CT molecular complexity index is 896. The monoisotopic (exact) mass is 376 g/mol. The lowest BCUT2D eigenvalue weighted by Gasteiger charge is -2.33. The molecule has 1 aromatic heterocycles. The van der Waals surface area contributed by atoms with E-state index < -0.39 is 17.5 Å². The average molecular weight is 377 g/mol. The molecule has 1 N–H and O–H groups in total. The molecule has 0 saturated carbocycles. The van der Waals surface area contributed by atoms with Gasteiger partial charge in [-0.25, -0.2) is 4.79 Å². The molecule has 2 aliphatic heterocycles. The first-order valence-electron chi connectivity index (χ1n) is 7.66. The average Bonchev–Trinajstić information content (AvgIpc) is 3.13. The van der Waals surface area contributed by atoms with Gasteiger partial charge in [-0.15, -0.1) is 11.3 Å². The number of nitrogens with zero attached hydrogens (tertiary/aromatic N) is 1. The van der Waals surface area contributed by atoms with Gasteiger partial charge >= 0.3 is 6.03 Å². The van der Waals surface area contributed by atoms with Crippen LogP contribution in [0.15, 0.2) is 36.4 Å². The van der Waals surface area contributed by atoms with Gasteiger partial charge in [-0.05, 0) is 18.2 Å². The summed E-state index contributed by atoms with van der Waals surface area (Å²) in [4.78, 5) is 39.2. The van der Waals surface area contributed by atoms with E-state index in [2.05, 4.69) is 5.32 Å². The number of hydrogen-bond donors (Lipinski definition) is 1. The summed E-state index contributed by atoms with van der Waals surface area (Å²) in [7, 11) is 0. The van der Waals surface area contributed by atoms with Gasteiger partial charge in [0.2, 0.25) is 0 Å². The lowest BCUT2D eigenvalue weighted by Crippen LogP contribution is -2.47. The molecule has 2 aliphatic rings. The maximum absolute atomic E-state index is 13.0. The quantitative estimate of drug-likeness (QED) is 0.660. The number of fused-ring (bicyclic) bond motifs is 2. The number of thiophene rings is 1. The predicted octanol–water partition coefficient (Wildman–Crippen LogP) is 2.81. The van der Waals surface area contributed by atoms with Crippen LogP contribution >= 0.6 is 22.9 Å². The Kier molecular flexibility index (Phi) is 3.77. The van der Waals surface area contributed by atoms with Crippen molar-refractivity contribution < 1.29 is 19.1 Å². The number of ether oxygens (including phenoxy) is 1. The van der Waals surface area contributed by atoms with Gasteiger partial charge < -0.3 is 10.1 Å². The number of para-hydroxylation sites is 1. The zero-order chi connectivity index (χ0) is 17.6. The highest BCUT2D eigenvalue weighted by Gasteiger charge is 2.55. The lowest BCUT2D eigenvalue weighted by atomic mass is 9.84. The van der Waals surface area contributed by atoms with E-state index in [9.17, 15) is 14.4 Å². The third-order valence-electron chi connectivity index (χ3n) is 4.41. The molecule has 1 fully saturated rings. The first-order valence-corrected chi connectivity index (χ1v) is 8.86. The molecule has 25 heavy (non-hydrogen) atoms. The van der Waals surface area contributed by atoms with Gasteiger partial charge in [0.15, 0.2) is 11.3 Å². The van der Waals surface area contributed by atoms with Gasteiger partial charge in [-0.3, -0.25) is 14.5 Å². The van der Waals surface area contributed by atoms with Crippen LogP contribution in [0.2, 0.25) is 4.34 Å². The summed E-state index contributed by atoms with van der Waals surface area (Å²) in [6, 6.07) is 9.75. The standard InChI is InChI=1S/C17H13ClN2O4S/c18-14-6-5-13(25-14)11(21)9-20-15(22)17(19-16(20)23)7-8-24-12-4-2-1-3-10(12)17/h1-6H,7-9H2,(H,19,23)/t17-/m1/s1. The smallest absolute Gasteiger partial charge is 0.325 e. The summed E-state index contributed by atoms with van der Waals surface area (Å²) in [6.45, 7) is -0.00235. The highest BCUT2D eigenvalue weighted by atomic mass is 35.5. The normalized spacial score (nSPS) is 21.9. The number of ketones is 1. The minimum Gasteiger partial charge on any atom is -0.493 e. The van der Waals surface area contributed by atoms with Gasteiger partial charge in [0.1, 0.15) is 5.75 Å².